The van der Waals surface area contributed by atoms with Gasteiger partial charge in [-0.1, -0.05) is 97.9 Å². The van der Waals surface area contributed by atoms with E-state index in [0.29, 0.717) is 32.0 Å². The maximum atomic E-state index is 13.0. The molecule has 0 saturated heterocycles. The number of aromatic nitrogens is 2. The van der Waals surface area contributed by atoms with E-state index in [1.807, 2.05) is 65.7 Å². The van der Waals surface area contributed by atoms with Crippen molar-refractivity contribution in [1.82, 2.24) is 19.8 Å². The Balaban J connectivity index is 1.36. The van der Waals surface area contributed by atoms with E-state index in [0.717, 1.165) is 65.3 Å². The molecule has 0 aliphatic rings. The van der Waals surface area contributed by atoms with Crippen LogP contribution < -0.4 is 0 Å². The smallest absolute Gasteiger partial charge is 0.227 e. The maximum absolute atomic E-state index is 13.0. The third kappa shape index (κ3) is 9.21. The lowest BCUT2D eigenvalue weighted by Crippen LogP contribution is -2.33. The van der Waals surface area contributed by atoms with E-state index >= 15 is 0 Å². The Kier molecular flexibility index (Phi) is 11.8. The monoisotopic (exact) mass is 578 g/mol. The minimum atomic E-state index is 0.103. The normalized spacial score (nSPS) is 11.5. The number of oxime groups is 1. The van der Waals surface area contributed by atoms with Crippen molar-refractivity contribution >= 4 is 18.5 Å². The Morgan fingerprint density at radius 1 is 0.884 bits per heavy atom. The molecule has 0 aliphatic heterocycles. The molecule has 0 aliphatic carbocycles. The highest BCUT2D eigenvalue weighted by molar-refractivity contribution is 6.01. The summed E-state index contributed by atoms with van der Waals surface area (Å²) < 4.78 is 0. The van der Waals surface area contributed by atoms with Crippen LogP contribution in [0.25, 0.3) is 22.4 Å². The van der Waals surface area contributed by atoms with Gasteiger partial charge in [0.05, 0.1) is 18.7 Å². The molecule has 4 aromatic rings. The molecule has 1 aromatic heterocycles. The maximum Gasteiger partial charge on any atom is 0.227 e. The summed E-state index contributed by atoms with van der Waals surface area (Å²) in [5, 5.41) is 4.18. The van der Waals surface area contributed by atoms with Gasteiger partial charge in [0.2, 0.25) is 5.91 Å². The second kappa shape index (κ2) is 16.2. The van der Waals surface area contributed by atoms with Gasteiger partial charge in [-0.05, 0) is 49.8 Å². The number of hydrogen-bond acceptors (Lipinski definition) is 5. The molecule has 3 aromatic carbocycles. The van der Waals surface area contributed by atoms with Crippen LogP contribution in [-0.4, -0.2) is 71.5 Å². The van der Waals surface area contributed by atoms with Crippen LogP contribution in [0.4, 0.5) is 0 Å². The number of nitrogens with one attached hydrogen (secondary N) is 1. The van der Waals surface area contributed by atoms with Gasteiger partial charge < -0.3 is 19.6 Å². The number of nitrogens with zero attached hydrogens (tertiary/aromatic N) is 5. The summed E-state index contributed by atoms with van der Waals surface area (Å²) in [7, 11) is 2.07. The number of carbonyl (C=O) groups is 1. The predicted octanol–water partition coefficient (Wildman–Crippen LogP) is 6.45. The highest BCUT2D eigenvalue weighted by Gasteiger charge is 2.16. The number of amides is 1. The molecule has 0 atom stereocenters. The van der Waals surface area contributed by atoms with Crippen LogP contribution in [0.1, 0.15) is 43.6 Å². The lowest BCUT2D eigenvalue weighted by molar-refractivity contribution is -0.131. The van der Waals surface area contributed by atoms with Crippen LogP contribution in [0, 0.1) is 0 Å². The van der Waals surface area contributed by atoms with E-state index in [4.69, 9.17) is 9.82 Å². The van der Waals surface area contributed by atoms with Crippen molar-refractivity contribution in [3.63, 3.8) is 0 Å². The number of rotatable bonds is 15. The molecule has 43 heavy (non-hydrogen) atoms. The van der Waals surface area contributed by atoms with E-state index in [9.17, 15) is 4.79 Å². The quantitative estimate of drug-likeness (QED) is 0.0761. The number of benzene rings is 3. The summed E-state index contributed by atoms with van der Waals surface area (Å²) >= 11 is 0. The number of aromatic amines is 1. The number of amidine groups is 1. The van der Waals surface area contributed by atoms with Crippen LogP contribution in [0.15, 0.2) is 95.2 Å². The molecule has 0 spiro atoms. The van der Waals surface area contributed by atoms with E-state index in [1.54, 1.807) is 0 Å². The topological polar surface area (TPSA) is 86.2 Å². The van der Waals surface area contributed by atoms with Gasteiger partial charge in [0.25, 0.3) is 0 Å². The van der Waals surface area contributed by atoms with Gasteiger partial charge in [-0.2, -0.15) is 0 Å². The van der Waals surface area contributed by atoms with Crippen molar-refractivity contribution in [2.75, 3.05) is 33.3 Å². The molecule has 0 saturated carbocycles. The molecule has 0 fully saturated rings. The molecular weight excluding hydrogens is 536 g/mol. The molecule has 0 radical (unpaired) electrons. The first-order valence-electron chi connectivity index (χ1n) is 14.9. The standard InChI is InChI=1S/C35H42N6O2/c1-5-20-40(4)22-23-43-39-35(36-3)31-18-14-29(15-19-31)28-12-16-30(17-13-28)32-25-37-33(38-32)26-41(21-6-2)34(42)24-27-10-8-7-9-11-27/h7-19,25H,3,5-6,20-24,26H2,1-2,4H3,(H,37,38)/b39-35-. The minimum absolute atomic E-state index is 0.103. The lowest BCUT2D eigenvalue weighted by Gasteiger charge is -2.21. The number of H-pyrrole nitrogens is 1. The van der Waals surface area contributed by atoms with Crippen LogP contribution in [-0.2, 0) is 22.6 Å². The minimum Gasteiger partial charge on any atom is -0.393 e. The highest BCUT2D eigenvalue weighted by atomic mass is 16.6. The lowest BCUT2D eigenvalue weighted by atomic mass is 10.0. The van der Waals surface area contributed by atoms with Gasteiger partial charge in [-0.3, -0.25) is 4.79 Å². The number of likely N-dealkylation sites (N-methyl/N-ethyl adjacent to an activating group) is 1. The first kappa shape index (κ1) is 31.4. The summed E-state index contributed by atoms with van der Waals surface area (Å²) in [4.78, 5) is 34.7. The number of carbonyl (C=O) groups excluding carboxylic acids is 1. The van der Waals surface area contributed by atoms with Crippen LogP contribution in [0.3, 0.4) is 0 Å². The first-order valence-corrected chi connectivity index (χ1v) is 14.9. The molecule has 4 rings (SSSR count). The summed E-state index contributed by atoms with van der Waals surface area (Å²) in [5.74, 6) is 1.34. The Hall–Kier alpha value is -4.56. The van der Waals surface area contributed by atoms with Gasteiger partial charge in [-0.25, -0.2) is 9.98 Å². The van der Waals surface area contributed by atoms with Crippen molar-refractivity contribution in [2.45, 2.75) is 39.7 Å². The molecule has 0 unspecified atom stereocenters. The van der Waals surface area contributed by atoms with Gasteiger partial charge in [-0.15, -0.1) is 0 Å². The fraction of sp³-hybridized carbons (Fsp3) is 0.314. The largest absolute Gasteiger partial charge is 0.393 e. The van der Waals surface area contributed by atoms with E-state index in [2.05, 4.69) is 71.9 Å². The van der Waals surface area contributed by atoms with Crippen molar-refractivity contribution in [2.24, 2.45) is 10.1 Å². The van der Waals surface area contributed by atoms with Gasteiger partial charge >= 0.3 is 0 Å². The molecule has 1 amide bonds. The Morgan fingerprint density at radius 2 is 1.53 bits per heavy atom. The van der Waals surface area contributed by atoms with Gasteiger partial charge in [0.1, 0.15) is 12.4 Å². The Morgan fingerprint density at radius 3 is 2.19 bits per heavy atom. The van der Waals surface area contributed by atoms with Crippen molar-refractivity contribution in [3.8, 4) is 22.4 Å². The third-order valence-electron chi connectivity index (χ3n) is 7.14. The SMILES string of the molecule is C=N/C(=N\OCCN(C)CCC)c1ccc(-c2ccc(-c3c[nH]c(CN(CCC)C(=O)Cc4ccccc4)n3)cc2)cc1. The van der Waals surface area contributed by atoms with Crippen molar-refractivity contribution in [3.05, 3.63) is 102 Å². The first-order chi connectivity index (χ1) is 21.0. The van der Waals surface area contributed by atoms with E-state index < -0.39 is 0 Å². The zero-order valence-electron chi connectivity index (χ0n) is 25.5. The molecule has 1 N–H and O–H groups in total. The summed E-state index contributed by atoms with van der Waals surface area (Å²) in [5.41, 5.74) is 5.89. The van der Waals surface area contributed by atoms with Gasteiger partial charge in [0, 0.05) is 30.4 Å². The predicted molar refractivity (Wildman–Crippen MR) is 175 cm³/mol. The van der Waals surface area contributed by atoms with Crippen LogP contribution in [0.2, 0.25) is 0 Å². The van der Waals surface area contributed by atoms with Crippen molar-refractivity contribution < 1.29 is 9.63 Å². The summed E-state index contributed by atoms with van der Waals surface area (Å²) in [6.45, 7) is 11.4. The molecule has 8 nitrogen and oxygen atoms in total. The van der Waals surface area contributed by atoms with Crippen LogP contribution >= 0.6 is 0 Å². The average molecular weight is 579 g/mol. The number of imidazole rings is 1. The fourth-order valence-electron chi connectivity index (χ4n) is 4.83. The van der Waals surface area contributed by atoms with Crippen LogP contribution in [0.5, 0.6) is 0 Å². The third-order valence-corrected chi connectivity index (χ3v) is 7.14. The van der Waals surface area contributed by atoms with E-state index in [1.165, 1.54) is 0 Å². The Labute approximate surface area is 255 Å². The molecule has 8 heteroatoms. The summed E-state index contributed by atoms with van der Waals surface area (Å²) in [6.07, 6.45) is 4.28. The van der Waals surface area contributed by atoms with E-state index in [-0.39, 0.29) is 5.91 Å². The number of hydrogen-bond donors (Lipinski definition) is 1. The molecule has 0 bridgehead atoms. The summed E-state index contributed by atoms with van der Waals surface area (Å²) in [6, 6.07) is 26.2. The zero-order chi connectivity index (χ0) is 30.4. The average Bonchev–Trinajstić information content (AvgIpc) is 3.50. The zero-order valence-corrected chi connectivity index (χ0v) is 25.5. The highest BCUT2D eigenvalue weighted by Crippen LogP contribution is 2.25. The second-order valence-corrected chi connectivity index (χ2v) is 10.6. The number of aliphatic imine (C=N–C) groups is 1. The molecular formula is C35H42N6O2. The second-order valence-electron chi connectivity index (χ2n) is 10.6. The fourth-order valence-corrected chi connectivity index (χ4v) is 4.83. The molecule has 224 valence electrons. The van der Waals surface area contributed by atoms with Crippen molar-refractivity contribution in [1.29, 1.82) is 0 Å². The Bertz CT molecular complexity index is 1460. The molecule has 1 heterocycles. The van der Waals surface area contributed by atoms with Gasteiger partial charge in [0.15, 0.2) is 5.84 Å².